The third-order valence-corrected chi connectivity index (χ3v) is 6.48. The molecule has 0 spiro atoms. The molecule has 5 heteroatoms. The van der Waals surface area contributed by atoms with Crippen molar-refractivity contribution in [3.8, 4) is 0 Å². The van der Waals surface area contributed by atoms with E-state index in [1.54, 1.807) is 14.2 Å². The van der Waals surface area contributed by atoms with E-state index in [1.807, 2.05) is 0 Å². The number of ether oxygens (including phenoxy) is 4. The highest BCUT2D eigenvalue weighted by atomic mass is 16.7. The van der Waals surface area contributed by atoms with Crippen molar-refractivity contribution in [2.75, 3.05) is 41.0 Å². The number of rotatable bonds is 12. The number of hydrogen-bond donors (Lipinski definition) is 1. The van der Waals surface area contributed by atoms with Crippen molar-refractivity contribution in [3.63, 3.8) is 0 Å². The van der Waals surface area contributed by atoms with Crippen molar-refractivity contribution < 1.29 is 18.9 Å². The lowest BCUT2D eigenvalue weighted by Crippen LogP contribution is -2.46. The van der Waals surface area contributed by atoms with Crippen LogP contribution in [0, 0.1) is 30.1 Å². The van der Waals surface area contributed by atoms with E-state index >= 15 is 0 Å². The van der Waals surface area contributed by atoms with Crippen LogP contribution in [0.25, 0.3) is 0 Å². The van der Waals surface area contributed by atoms with Gasteiger partial charge in [-0.15, -0.1) is 0 Å². The second kappa shape index (κ2) is 13.1. The second-order valence-corrected chi connectivity index (χ2v) is 8.57. The van der Waals surface area contributed by atoms with Crippen molar-refractivity contribution in [3.05, 3.63) is 6.42 Å². The average Bonchev–Trinajstić information content (AvgIpc) is 2.71. The molecule has 0 aromatic carbocycles. The van der Waals surface area contributed by atoms with Crippen molar-refractivity contribution >= 4 is 0 Å². The van der Waals surface area contributed by atoms with Crippen molar-refractivity contribution in [2.45, 2.75) is 70.9 Å². The maximum absolute atomic E-state index is 6.24. The Hall–Kier alpha value is -0.200. The van der Waals surface area contributed by atoms with E-state index in [4.69, 9.17) is 18.9 Å². The Morgan fingerprint density at radius 3 is 2.44 bits per heavy atom. The fourth-order valence-electron chi connectivity index (χ4n) is 5.07. The quantitative estimate of drug-likeness (QED) is 0.407. The molecule has 1 saturated heterocycles. The third-order valence-electron chi connectivity index (χ3n) is 6.48. The molecule has 1 N–H and O–H groups in total. The Bertz CT molecular complexity index is 375. The minimum atomic E-state index is 0.242. The van der Waals surface area contributed by atoms with Crippen LogP contribution in [0.4, 0.5) is 0 Å². The topological polar surface area (TPSA) is 49.0 Å². The molecule has 5 nitrogen and oxygen atoms in total. The lowest BCUT2D eigenvalue weighted by molar-refractivity contribution is -0.122. The fraction of sp³-hybridized carbons (Fsp3) is 0.955. The first-order valence-electron chi connectivity index (χ1n) is 10.9. The Morgan fingerprint density at radius 2 is 1.78 bits per heavy atom. The van der Waals surface area contributed by atoms with Crippen molar-refractivity contribution in [2.24, 2.45) is 23.7 Å². The first kappa shape index (κ1) is 23.1. The van der Waals surface area contributed by atoms with Crippen molar-refractivity contribution in [1.82, 2.24) is 5.32 Å². The number of piperidine rings is 1. The maximum atomic E-state index is 6.24. The van der Waals surface area contributed by atoms with Gasteiger partial charge in [-0.2, -0.15) is 0 Å². The smallest absolute Gasteiger partial charge is 0.146 e. The van der Waals surface area contributed by atoms with Gasteiger partial charge in [0.15, 0.2) is 0 Å². The normalized spacial score (nSPS) is 30.0. The maximum Gasteiger partial charge on any atom is 0.146 e. The molecule has 2 fully saturated rings. The van der Waals surface area contributed by atoms with Crippen LogP contribution in [0.2, 0.25) is 0 Å². The lowest BCUT2D eigenvalue weighted by atomic mass is 9.67. The van der Waals surface area contributed by atoms with Gasteiger partial charge in [-0.1, -0.05) is 26.7 Å². The van der Waals surface area contributed by atoms with Crippen LogP contribution in [0.15, 0.2) is 0 Å². The van der Waals surface area contributed by atoms with E-state index < -0.39 is 0 Å². The van der Waals surface area contributed by atoms with Gasteiger partial charge >= 0.3 is 0 Å². The molecular formula is C22H42NO4. The molecule has 6 atom stereocenters. The molecule has 159 valence electrons. The molecule has 0 aromatic rings. The molecule has 27 heavy (non-hydrogen) atoms. The molecule has 6 unspecified atom stereocenters. The van der Waals surface area contributed by atoms with Gasteiger partial charge in [-0.05, 0) is 68.7 Å². The Balaban J connectivity index is 2.00. The van der Waals surface area contributed by atoms with Crippen LogP contribution in [-0.2, 0) is 18.9 Å². The second-order valence-electron chi connectivity index (χ2n) is 8.57. The van der Waals surface area contributed by atoms with Gasteiger partial charge in [0.2, 0.25) is 0 Å². The standard InChI is InChI=1S/C22H42NO4/c1-17(14-26-15-24-3)13-22(27-16-25-4)20-10-6-5-9-19(20)18(2)21-11-7-8-12-23-21/h7,17-23H,5-6,8-16H2,1-4H3. The molecule has 1 radical (unpaired) electrons. The highest BCUT2D eigenvalue weighted by molar-refractivity contribution is 4.93. The third kappa shape index (κ3) is 7.62. The molecule has 0 bridgehead atoms. The van der Waals surface area contributed by atoms with E-state index in [0.29, 0.717) is 44.0 Å². The average molecular weight is 385 g/mol. The van der Waals surface area contributed by atoms with Gasteiger partial charge in [-0.25, -0.2) is 0 Å². The van der Waals surface area contributed by atoms with Crippen LogP contribution < -0.4 is 5.32 Å². The number of methoxy groups -OCH3 is 2. The van der Waals surface area contributed by atoms with Gasteiger partial charge in [0.05, 0.1) is 12.7 Å². The summed E-state index contributed by atoms with van der Waals surface area (Å²) >= 11 is 0. The monoisotopic (exact) mass is 384 g/mol. The summed E-state index contributed by atoms with van der Waals surface area (Å²) in [6.45, 7) is 7.29. The van der Waals surface area contributed by atoms with Crippen LogP contribution in [-0.4, -0.2) is 53.1 Å². The van der Waals surface area contributed by atoms with Crippen molar-refractivity contribution in [1.29, 1.82) is 0 Å². The molecule has 2 rings (SSSR count). The van der Waals surface area contributed by atoms with Gasteiger partial charge in [0, 0.05) is 20.3 Å². The lowest BCUT2D eigenvalue weighted by Gasteiger charge is -2.44. The van der Waals surface area contributed by atoms with E-state index in [1.165, 1.54) is 38.5 Å². The highest BCUT2D eigenvalue weighted by Crippen LogP contribution is 2.41. The molecule has 0 amide bonds. The van der Waals surface area contributed by atoms with Gasteiger partial charge in [0.1, 0.15) is 13.6 Å². The van der Waals surface area contributed by atoms with Gasteiger partial charge < -0.3 is 24.3 Å². The van der Waals surface area contributed by atoms with E-state index in [2.05, 4.69) is 25.6 Å². The van der Waals surface area contributed by atoms with Crippen LogP contribution in [0.5, 0.6) is 0 Å². The molecule has 1 aliphatic heterocycles. The first-order valence-corrected chi connectivity index (χ1v) is 10.9. The summed E-state index contributed by atoms with van der Waals surface area (Å²) in [5, 5.41) is 3.76. The Kier molecular flexibility index (Phi) is 11.2. The predicted molar refractivity (Wildman–Crippen MR) is 108 cm³/mol. The first-order chi connectivity index (χ1) is 13.2. The molecular weight excluding hydrogens is 342 g/mol. The number of nitrogens with one attached hydrogen (secondary N) is 1. The number of hydrogen-bond acceptors (Lipinski definition) is 5. The minimum Gasteiger partial charge on any atom is -0.359 e. The van der Waals surface area contributed by atoms with Crippen LogP contribution in [0.3, 0.4) is 0 Å². The molecule has 0 aromatic heterocycles. The summed E-state index contributed by atoms with van der Waals surface area (Å²) in [6.07, 6.45) is 11.4. The Labute approximate surface area is 166 Å². The van der Waals surface area contributed by atoms with Gasteiger partial charge in [-0.3, -0.25) is 0 Å². The summed E-state index contributed by atoms with van der Waals surface area (Å²) in [7, 11) is 3.38. The summed E-state index contributed by atoms with van der Waals surface area (Å²) in [4.78, 5) is 0. The van der Waals surface area contributed by atoms with E-state index in [-0.39, 0.29) is 6.10 Å². The van der Waals surface area contributed by atoms with E-state index in [0.717, 1.165) is 18.9 Å². The minimum absolute atomic E-state index is 0.242. The molecule has 2 aliphatic rings. The predicted octanol–water partition coefficient (Wildman–Crippen LogP) is 4.02. The van der Waals surface area contributed by atoms with Crippen LogP contribution >= 0.6 is 0 Å². The summed E-state index contributed by atoms with van der Waals surface area (Å²) < 4.78 is 22.1. The zero-order valence-corrected chi connectivity index (χ0v) is 18.0. The zero-order chi connectivity index (χ0) is 19.5. The van der Waals surface area contributed by atoms with Gasteiger partial charge in [0.25, 0.3) is 0 Å². The van der Waals surface area contributed by atoms with E-state index in [9.17, 15) is 0 Å². The largest absolute Gasteiger partial charge is 0.359 e. The SMILES string of the molecule is COCOCC(C)CC(OCOC)C1CCCCC1C(C)C1C[CH]CCN1. The highest BCUT2D eigenvalue weighted by Gasteiger charge is 2.38. The molecule has 1 heterocycles. The summed E-state index contributed by atoms with van der Waals surface area (Å²) in [5.74, 6) is 2.45. The van der Waals surface area contributed by atoms with Crippen LogP contribution in [0.1, 0.15) is 58.8 Å². The zero-order valence-electron chi connectivity index (χ0n) is 18.0. The molecule has 1 aliphatic carbocycles. The summed E-state index contributed by atoms with van der Waals surface area (Å²) in [5.41, 5.74) is 0. The fourth-order valence-corrected chi connectivity index (χ4v) is 5.07. The molecule has 1 saturated carbocycles. The Morgan fingerprint density at radius 1 is 1.04 bits per heavy atom. The summed E-state index contributed by atoms with van der Waals surface area (Å²) in [6, 6.07) is 0.620.